The lowest BCUT2D eigenvalue weighted by atomic mass is 9.86. The number of nitrogens with one attached hydrogen (secondary N) is 1. The van der Waals surface area contributed by atoms with E-state index in [1.54, 1.807) is 19.1 Å². The molecule has 0 bridgehead atoms. The fourth-order valence-corrected chi connectivity index (χ4v) is 2.08. The number of benzene rings is 1. The molecule has 0 heterocycles. The Morgan fingerprint density at radius 1 is 1.20 bits per heavy atom. The van der Waals surface area contributed by atoms with E-state index in [-0.39, 0.29) is 18.4 Å². The van der Waals surface area contributed by atoms with Crippen molar-refractivity contribution in [3.8, 4) is 0 Å². The zero-order chi connectivity index (χ0) is 19.0. The number of hydrogen-bond donors (Lipinski definition) is 2. The van der Waals surface area contributed by atoms with Gasteiger partial charge in [0.1, 0.15) is 6.04 Å². The molecule has 2 N–H and O–H groups in total. The molecule has 25 heavy (non-hydrogen) atoms. The van der Waals surface area contributed by atoms with Crippen LogP contribution in [0.25, 0.3) is 0 Å². The summed E-state index contributed by atoms with van der Waals surface area (Å²) in [5, 5.41) is 11.7. The number of esters is 1. The van der Waals surface area contributed by atoms with Gasteiger partial charge in [-0.1, -0.05) is 39.0 Å². The molecule has 0 saturated heterocycles. The summed E-state index contributed by atoms with van der Waals surface area (Å²) >= 11 is 0. The molecule has 136 valence electrons. The fourth-order valence-electron chi connectivity index (χ4n) is 2.08. The third kappa shape index (κ3) is 6.79. The monoisotopic (exact) mass is 347 g/mol. The zero-order valence-corrected chi connectivity index (χ0v) is 15.0. The molecule has 0 radical (unpaired) electrons. The maximum Gasteiger partial charge on any atom is 0.330 e. The zero-order valence-electron chi connectivity index (χ0n) is 15.0. The van der Waals surface area contributed by atoms with Crippen LogP contribution in [0.5, 0.6) is 0 Å². The number of carbonyl (C=O) groups excluding carboxylic acids is 2. The Bertz CT molecular complexity index is 641. The SMILES string of the molecule is CCOC(=O)/C=C/C[C@H](NC(=O)c1ccc(C(C)(C)C)cc1)C(=O)O. The third-order valence-corrected chi connectivity index (χ3v) is 3.53. The molecule has 1 aromatic carbocycles. The highest BCUT2D eigenvalue weighted by atomic mass is 16.5. The Balaban J connectivity index is 2.73. The van der Waals surface area contributed by atoms with Crippen molar-refractivity contribution < 1.29 is 24.2 Å². The van der Waals surface area contributed by atoms with E-state index >= 15 is 0 Å². The summed E-state index contributed by atoms with van der Waals surface area (Å²) in [5.41, 5.74) is 1.43. The Morgan fingerprint density at radius 2 is 1.80 bits per heavy atom. The normalized spacial score (nSPS) is 12.6. The van der Waals surface area contributed by atoms with E-state index < -0.39 is 23.9 Å². The van der Waals surface area contributed by atoms with Crippen molar-refractivity contribution in [2.75, 3.05) is 6.61 Å². The minimum atomic E-state index is -1.17. The second-order valence-electron chi connectivity index (χ2n) is 6.58. The number of ether oxygens (including phenoxy) is 1. The molecule has 6 nitrogen and oxygen atoms in total. The van der Waals surface area contributed by atoms with Crippen LogP contribution in [-0.2, 0) is 19.7 Å². The quantitative estimate of drug-likeness (QED) is 0.584. The lowest BCUT2D eigenvalue weighted by Gasteiger charge is -2.19. The van der Waals surface area contributed by atoms with Crippen LogP contribution in [0, 0.1) is 0 Å². The molecule has 1 aromatic rings. The van der Waals surface area contributed by atoms with Crippen LogP contribution in [0.2, 0.25) is 0 Å². The van der Waals surface area contributed by atoms with Gasteiger partial charge in [-0.3, -0.25) is 4.79 Å². The van der Waals surface area contributed by atoms with Gasteiger partial charge >= 0.3 is 11.9 Å². The Hall–Kier alpha value is -2.63. The predicted molar refractivity (Wildman–Crippen MR) is 94.4 cm³/mol. The number of carboxylic acid groups (broad SMARTS) is 1. The largest absolute Gasteiger partial charge is 0.480 e. The smallest absolute Gasteiger partial charge is 0.330 e. The van der Waals surface area contributed by atoms with Gasteiger partial charge in [0.15, 0.2) is 0 Å². The molecule has 0 unspecified atom stereocenters. The molecular formula is C19H25NO5. The van der Waals surface area contributed by atoms with E-state index in [4.69, 9.17) is 4.74 Å². The second kappa shape index (κ2) is 9.01. The number of carboxylic acids is 1. The summed E-state index contributed by atoms with van der Waals surface area (Å²) in [6, 6.07) is 5.92. The summed E-state index contributed by atoms with van der Waals surface area (Å²) in [7, 11) is 0. The molecule has 1 amide bonds. The maximum absolute atomic E-state index is 12.2. The van der Waals surface area contributed by atoms with Crippen molar-refractivity contribution in [1.82, 2.24) is 5.32 Å². The molecule has 6 heteroatoms. The topological polar surface area (TPSA) is 92.7 Å². The highest BCUT2D eigenvalue weighted by Gasteiger charge is 2.20. The van der Waals surface area contributed by atoms with Gasteiger partial charge in [0.05, 0.1) is 6.61 Å². The summed E-state index contributed by atoms with van der Waals surface area (Å²) in [4.78, 5) is 34.7. The Labute approximate surface area is 147 Å². The predicted octanol–water partition coefficient (Wildman–Crippen LogP) is 2.68. The number of rotatable bonds is 7. The van der Waals surface area contributed by atoms with Gasteiger partial charge in [0.25, 0.3) is 5.91 Å². The molecule has 0 aliphatic heterocycles. The Kier molecular flexibility index (Phi) is 7.36. The average Bonchev–Trinajstić information content (AvgIpc) is 2.53. The molecule has 0 aliphatic rings. The first-order valence-electron chi connectivity index (χ1n) is 8.12. The van der Waals surface area contributed by atoms with Crippen LogP contribution in [0.3, 0.4) is 0 Å². The molecule has 0 spiro atoms. The van der Waals surface area contributed by atoms with Crippen molar-refractivity contribution in [3.05, 3.63) is 47.5 Å². The van der Waals surface area contributed by atoms with Gasteiger partial charge in [0.2, 0.25) is 0 Å². The maximum atomic E-state index is 12.2. The van der Waals surface area contributed by atoms with Crippen molar-refractivity contribution in [3.63, 3.8) is 0 Å². The number of hydrogen-bond acceptors (Lipinski definition) is 4. The van der Waals surface area contributed by atoms with Crippen molar-refractivity contribution >= 4 is 17.8 Å². The van der Waals surface area contributed by atoms with E-state index in [2.05, 4.69) is 26.1 Å². The standard InChI is InChI=1S/C19H25NO5/c1-5-25-16(21)8-6-7-15(18(23)24)20-17(22)13-9-11-14(12-10-13)19(2,3)4/h6,8-12,15H,5,7H2,1-4H3,(H,20,22)(H,23,24)/b8-6+/t15-/m0/s1. The van der Waals surface area contributed by atoms with Crippen LogP contribution in [0.1, 0.15) is 50.0 Å². The minimum absolute atomic E-state index is 0.0139. The minimum Gasteiger partial charge on any atom is -0.480 e. The van der Waals surface area contributed by atoms with Crippen molar-refractivity contribution in [2.24, 2.45) is 0 Å². The molecular weight excluding hydrogens is 322 g/mol. The number of aliphatic carboxylic acids is 1. The van der Waals surface area contributed by atoms with E-state index in [0.29, 0.717) is 5.56 Å². The first-order valence-corrected chi connectivity index (χ1v) is 8.12. The fraction of sp³-hybridized carbons (Fsp3) is 0.421. The lowest BCUT2D eigenvalue weighted by molar-refractivity contribution is -0.139. The molecule has 1 atom stereocenters. The molecule has 1 rings (SSSR count). The van der Waals surface area contributed by atoms with E-state index in [9.17, 15) is 19.5 Å². The average molecular weight is 347 g/mol. The van der Waals surface area contributed by atoms with Crippen LogP contribution >= 0.6 is 0 Å². The van der Waals surface area contributed by atoms with Gasteiger partial charge < -0.3 is 15.2 Å². The van der Waals surface area contributed by atoms with Gasteiger partial charge in [-0.15, -0.1) is 0 Å². The summed E-state index contributed by atoms with van der Waals surface area (Å²) < 4.78 is 4.71. The van der Waals surface area contributed by atoms with E-state index in [0.717, 1.165) is 11.6 Å². The van der Waals surface area contributed by atoms with Gasteiger partial charge in [-0.05, 0) is 36.5 Å². The number of amides is 1. The summed E-state index contributed by atoms with van der Waals surface area (Å²) in [6.45, 7) is 8.12. The van der Waals surface area contributed by atoms with Gasteiger partial charge in [0, 0.05) is 11.6 Å². The third-order valence-electron chi connectivity index (χ3n) is 3.53. The lowest BCUT2D eigenvalue weighted by Crippen LogP contribution is -2.40. The van der Waals surface area contributed by atoms with Crippen LogP contribution in [0.4, 0.5) is 0 Å². The summed E-state index contributed by atoms with van der Waals surface area (Å²) in [6.07, 6.45) is 2.52. The first-order chi connectivity index (χ1) is 11.6. The molecule has 0 aromatic heterocycles. The summed E-state index contributed by atoms with van der Waals surface area (Å²) in [5.74, 6) is -2.19. The van der Waals surface area contributed by atoms with Gasteiger partial charge in [-0.2, -0.15) is 0 Å². The van der Waals surface area contributed by atoms with Crippen molar-refractivity contribution in [1.29, 1.82) is 0 Å². The van der Waals surface area contributed by atoms with Crippen molar-refractivity contribution in [2.45, 2.75) is 45.6 Å². The molecule has 0 saturated carbocycles. The highest BCUT2D eigenvalue weighted by molar-refractivity contribution is 5.96. The molecule has 0 fully saturated rings. The Morgan fingerprint density at radius 3 is 2.28 bits per heavy atom. The van der Waals surface area contributed by atoms with Crippen LogP contribution < -0.4 is 5.32 Å². The first kappa shape index (κ1) is 20.4. The van der Waals surface area contributed by atoms with Crippen LogP contribution in [0.15, 0.2) is 36.4 Å². The highest BCUT2D eigenvalue weighted by Crippen LogP contribution is 2.22. The molecule has 0 aliphatic carbocycles. The van der Waals surface area contributed by atoms with E-state index in [1.165, 1.54) is 6.08 Å². The second-order valence-corrected chi connectivity index (χ2v) is 6.58. The van der Waals surface area contributed by atoms with Gasteiger partial charge in [-0.25, -0.2) is 9.59 Å². The van der Waals surface area contributed by atoms with E-state index in [1.807, 2.05) is 12.1 Å². The number of carbonyl (C=O) groups is 3. The van der Waals surface area contributed by atoms with Crippen LogP contribution in [-0.4, -0.2) is 35.6 Å².